The molecule has 4 heterocycles. The van der Waals surface area contributed by atoms with Gasteiger partial charge in [0.15, 0.2) is 0 Å². The smallest absolute Gasteiger partial charge is 0.254 e. The molecule has 0 N–H and O–H groups in total. The topological polar surface area (TPSA) is 45.7 Å². The Morgan fingerprint density at radius 2 is 2.17 bits per heavy atom. The molecule has 2 aromatic heterocycles. The van der Waals surface area contributed by atoms with E-state index in [9.17, 15) is 4.79 Å². The van der Waals surface area contributed by atoms with Crippen molar-refractivity contribution in [2.75, 3.05) is 26.2 Å². The molecule has 2 aliphatic heterocycles. The molecule has 0 unspecified atom stereocenters. The van der Waals surface area contributed by atoms with Crippen LogP contribution < -0.4 is 0 Å². The van der Waals surface area contributed by atoms with E-state index in [1.54, 1.807) is 35.9 Å². The fraction of sp³-hybridized carbons (Fsp3) is 0.444. The molecule has 2 aromatic rings. The van der Waals surface area contributed by atoms with Crippen LogP contribution in [-0.2, 0) is 11.3 Å². The molecule has 126 valence electrons. The Kier molecular flexibility index (Phi) is 4.60. The summed E-state index contributed by atoms with van der Waals surface area (Å²) in [4.78, 5) is 22.7. The van der Waals surface area contributed by atoms with Crippen LogP contribution in [0.4, 0.5) is 0 Å². The number of nitrogens with zero attached hydrogens (tertiary/aromatic N) is 3. The van der Waals surface area contributed by atoms with Gasteiger partial charge in [0.05, 0.1) is 18.8 Å². The lowest BCUT2D eigenvalue weighted by Gasteiger charge is -2.47. The van der Waals surface area contributed by atoms with Crippen LogP contribution >= 0.6 is 11.3 Å². The Morgan fingerprint density at radius 3 is 2.96 bits per heavy atom. The molecule has 2 aliphatic rings. The van der Waals surface area contributed by atoms with E-state index in [0.717, 1.165) is 26.1 Å². The van der Waals surface area contributed by atoms with Crippen molar-refractivity contribution in [3.8, 4) is 0 Å². The molecule has 0 radical (unpaired) electrons. The van der Waals surface area contributed by atoms with Crippen LogP contribution in [0.15, 0.2) is 42.0 Å². The van der Waals surface area contributed by atoms with Crippen molar-refractivity contribution in [1.29, 1.82) is 0 Å². The number of rotatable bonds is 3. The van der Waals surface area contributed by atoms with E-state index >= 15 is 0 Å². The molecular weight excluding hydrogens is 322 g/mol. The number of hydrogen-bond donors (Lipinski definition) is 0. The zero-order chi connectivity index (χ0) is 16.4. The molecule has 0 spiro atoms. The molecule has 1 amide bonds. The highest BCUT2D eigenvalue weighted by Gasteiger charge is 2.39. The molecule has 5 nitrogen and oxygen atoms in total. The molecule has 2 atom stereocenters. The molecule has 6 heteroatoms. The van der Waals surface area contributed by atoms with E-state index in [2.05, 4.69) is 27.4 Å². The number of carbonyl (C=O) groups is 1. The maximum absolute atomic E-state index is 12.9. The third kappa shape index (κ3) is 3.22. The van der Waals surface area contributed by atoms with Crippen molar-refractivity contribution < 1.29 is 9.53 Å². The van der Waals surface area contributed by atoms with Crippen molar-refractivity contribution in [3.05, 3.63) is 52.5 Å². The van der Waals surface area contributed by atoms with Gasteiger partial charge in [0.1, 0.15) is 0 Å². The van der Waals surface area contributed by atoms with Crippen LogP contribution in [-0.4, -0.2) is 59.1 Å². The van der Waals surface area contributed by atoms with Crippen LogP contribution in [0.25, 0.3) is 0 Å². The highest BCUT2D eigenvalue weighted by atomic mass is 32.1. The van der Waals surface area contributed by atoms with Gasteiger partial charge in [-0.15, -0.1) is 11.3 Å². The van der Waals surface area contributed by atoms with E-state index in [1.165, 1.54) is 4.88 Å². The number of ether oxygens (including phenoxy) is 1. The quantitative estimate of drug-likeness (QED) is 0.858. The van der Waals surface area contributed by atoms with Gasteiger partial charge < -0.3 is 9.64 Å². The standard InChI is InChI=1S/C18H21N3O2S/c22-18(14-3-6-19-7-4-14)21-9-10-23-17-5-8-20(13-16(17)21)12-15-2-1-11-24-15/h1-4,6-7,11,16-17H,5,8-10,12-13H2/t16-,17-/m0/s1. The number of hydrogen-bond acceptors (Lipinski definition) is 5. The first-order chi connectivity index (χ1) is 11.8. The molecule has 0 saturated carbocycles. The lowest BCUT2D eigenvalue weighted by atomic mass is 9.97. The average molecular weight is 343 g/mol. The number of thiophene rings is 1. The Morgan fingerprint density at radius 1 is 1.29 bits per heavy atom. The molecule has 4 rings (SSSR count). The Bertz CT molecular complexity index is 677. The van der Waals surface area contributed by atoms with Crippen molar-refractivity contribution in [3.63, 3.8) is 0 Å². The summed E-state index contributed by atoms with van der Waals surface area (Å²) < 4.78 is 5.95. The summed E-state index contributed by atoms with van der Waals surface area (Å²) >= 11 is 1.79. The average Bonchev–Trinajstić information content (AvgIpc) is 3.14. The van der Waals surface area contributed by atoms with Gasteiger partial charge in [0.2, 0.25) is 0 Å². The number of carbonyl (C=O) groups excluding carboxylic acids is 1. The first-order valence-electron chi connectivity index (χ1n) is 8.38. The Hall–Kier alpha value is -1.76. The largest absolute Gasteiger partial charge is 0.374 e. The van der Waals surface area contributed by atoms with Crippen molar-refractivity contribution >= 4 is 17.2 Å². The van der Waals surface area contributed by atoms with Gasteiger partial charge in [-0.3, -0.25) is 14.7 Å². The fourth-order valence-corrected chi connectivity index (χ4v) is 4.36. The van der Waals surface area contributed by atoms with Crippen LogP contribution in [0.5, 0.6) is 0 Å². The van der Waals surface area contributed by atoms with E-state index in [1.807, 2.05) is 4.90 Å². The summed E-state index contributed by atoms with van der Waals surface area (Å²) in [5.41, 5.74) is 0.709. The van der Waals surface area contributed by atoms with Crippen molar-refractivity contribution in [2.24, 2.45) is 0 Å². The van der Waals surface area contributed by atoms with Crippen LogP contribution in [0.1, 0.15) is 21.7 Å². The van der Waals surface area contributed by atoms with Gasteiger partial charge in [-0.05, 0) is 30.0 Å². The van der Waals surface area contributed by atoms with Crippen LogP contribution in [0, 0.1) is 0 Å². The maximum atomic E-state index is 12.9. The lowest BCUT2D eigenvalue weighted by Crippen LogP contribution is -2.61. The van der Waals surface area contributed by atoms with E-state index < -0.39 is 0 Å². The molecule has 0 aromatic carbocycles. The number of piperidine rings is 1. The maximum Gasteiger partial charge on any atom is 0.254 e. The predicted molar refractivity (Wildman–Crippen MR) is 93.0 cm³/mol. The number of morpholine rings is 1. The minimum atomic E-state index is 0.0914. The first kappa shape index (κ1) is 15.7. The summed E-state index contributed by atoms with van der Waals surface area (Å²) in [6.07, 6.45) is 4.49. The SMILES string of the molecule is O=C(c1ccncc1)N1CCO[C@H]2CCN(Cc3cccs3)C[C@@H]21. The summed E-state index contributed by atoms with van der Waals surface area (Å²) in [6, 6.07) is 7.98. The third-order valence-electron chi connectivity index (χ3n) is 4.82. The second-order valence-corrected chi connectivity index (χ2v) is 7.35. The summed E-state index contributed by atoms with van der Waals surface area (Å²) in [5, 5.41) is 2.12. The molecular formula is C18H21N3O2S. The fourth-order valence-electron chi connectivity index (χ4n) is 3.62. The Balaban J connectivity index is 1.49. The number of pyridine rings is 1. The Labute approximate surface area is 145 Å². The molecule has 2 fully saturated rings. The zero-order valence-electron chi connectivity index (χ0n) is 13.5. The number of amides is 1. The van der Waals surface area contributed by atoms with Crippen molar-refractivity contribution in [1.82, 2.24) is 14.8 Å². The predicted octanol–water partition coefficient (Wildman–Crippen LogP) is 2.26. The number of fused-ring (bicyclic) bond motifs is 1. The van der Waals surface area contributed by atoms with Gasteiger partial charge in [-0.2, -0.15) is 0 Å². The van der Waals surface area contributed by atoms with E-state index in [0.29, 0.717) is 18.7 Å². The summed E-state index contributed by atoms with van der Waals surface area (Å²) in [7, 11) is 0. The van der Waals surface area contributed by atoms with Gasteiger partial charge in [-0.25, -0.2) is 0 Å². The second-order valence-electron chi connectivity index (χ2n) is 6.31. The molecule has 24 heavy (non-hydrogen) atoms. The summed E-state index contributed by atoms with van der Waals surface area (Å²) in [6.45, 7) is 4.14. The van der Waals surface area contributed by atoms with Crippen molar-refractivity contribution in [2.45, 2.75) is 25.1 Å². The molecule has 0 aliphatic carbocycles. The third-order valence-corrected chi connectivity index (χ3v) is 5.68. The van der Waals surface area contributed by atoms with E-state index in [4.69, 9.17) is 4.74 Å². The zero-order valence-corrected chi connectivity index (χ0v) is 14.3. The van der Waals surface area contributed by atoms with Crippen LogP contribution in [0.3, 0.4) is 0 Å². The van der Waals surface area contributed by atoms with Crippen LogP contribution in [0.2, 0.25) is 0 Å². The van der Waals surface area contributed by atoms with Gasteiger partial charge in [0, 0.05) is 49.0 Å². The monoisotopic (exact) mass is 343 g/mol. The number of likely N-dealkylation sites (tertiary alicyclic amines) is 1. The second kappa shape index (κ2) is 7.01. The minimum absolute atomic E-state index is 0.0914. The van der Waals surface area contributed by atoms with Gasteiger partial charge in [0.25, 0.3) is 5.91 Å². The molecule has 0 bridgehead atoms. The minimum Gasteiger partial charge on any atom is -0.374 e. The highest BCUT2D eigenvalue weighted by Crippen LogP contribution is 2.26. The highest BCUT2D eigenvalue weighted by molar-refractivity contribution is 7.09. The molecule has 2 saturated heterocycles. The lowest BCUT2D eigenvalue weighted by molar-refractivity contribution is -0.0913. The van der Waals surface area contributed by atoms with Gasteiger partial charge in [-0.1, -0.05) is 6.07 Å². The van der Waals surface area contributed by atoms with Gasteiger partial charge >= 0.3 is 0 Å². The number of aromatic nitrogens is 1. The first-order valence-corrected chi connectivity index (χ1v) is 9.26. The summed E-state index contributed by atoms with van der Waals surface area (Å²) in [5.74, 6) is 0.0914. The van der Waals surface area contributed by atoms with E-state index in [-0.39, 0.29) is 18.1 Å². The normalized spacial score (nSPS) is 24.6.